The molecule has 1 aromatic carbocycles. The molecule has 2 aliphatic rings. The van der Waals surface area contributed by atoms with Gasteiger partial charge in [0, 0.05) is 5.41 Å². The van der Waals surface area contributed by atoms with Gasteiger partial charge in [0.15, 0.2) is 5.78 Å². The van der Waals surface area contributed by atoms with Crippen molar-refractivity contribution in [3.63, 3.8) is 0 Å². The molecule has 0 spiro atoms. The van der Waals surface area contributed by atoms with Gasteiger partial charge in [-0.15, -0.1) is 0 Å². The maximum absolute atomic E-state index is 12.9. The van der Waals surface area contributed by atoms with Crippen molar-refractivity contribution in [2.75, 3.05) is 6.54 Å². The van der Waals surface area contributed by atoms with Gasteiger partial charge in [-0.25, -0.2) is 0 Å². The SMILES string of the molecule is CCC12C(CC(Cc3cc(C)cc(C)c3)C1(C#N)C(=O)CN)C2C(=O)O. The number of carbonyl (C=O) groups is 2. The molecule has 3 N–H and O–H groups in total. The number of fused-ring (bicyclic) bond motifs is 1. The molecule has 1 aromatic rings. The van der Waals surface area contributed by atoms with Crippen molar-refractivity contribution in [2.45, 2.75) is 40.0 Å². The highest BCUT2D eigenvalue weighted by atomic mass is 16.4. The number of carboxylic acids is 1. The predicted molar refractivity (Wildman–Crippen MR) is 97.2 cm³/mol. The molecule has 0 radical (unpaired) electrons. The third-order valence-electron chi connectivity index (χ3n) is 6.81. The van der Waals surface area contributed by atoms with Gasteiger partial charge in [0.25, 0.3) is 0 Å². The van der Waals surface area contributed by atoms with E-state index in [4.69, 9.17) is 5.73 Å². The highest BCUT2D eigenvalue weighted by molar-refractivity contribution is 5.94. The maximum Gasteiger partial charge on any atom is 0.307 e. The van der Waals surface area contributed by atoms with Gasteiger partial charge in [-0.05, 0) is 50.5 Å². The minimum absolute atomic E-state index is 0.115. The summed E-state index contributed by atoms with van der Waals surface area (Å²) in [4.78, 5) is 24.7. The Balaban J connectivity index is 2.05. The molecule has 0 bridgehead atoms. The molecule has 2 aliphatic carbocycles. The molecule has 2 saturated carbocycles. The molecular formula is C21H26N2O3. The molecule has 3 rings (SSSR count). The maximum atomic E-state index is 12.9. The number of Topliss-reactive ketones (excluding diaryl/α,β-unsaturated/α-hetero) is 1. The fraction of sp³-hybridized carbons (Fsp3) is 0.571. The van der Waals surface area contributed by atoms with E-state index in [0.29, 0.717) is 19.3 Å². The van der Waals surface area contributed by atoms with Crippen molar-refractivity contribution in [3.05, 3.63) is 34.9 Å². The lowest BCUT2D eigenvalue weighted by atomic mass is 9.61. The van der Waals surface area contributed by atoms with Crippen LogP contribution in [0.2, 0.25) is 0 Å². The molecular weight excluding hydrogens is 328 g/mol. The van der Waals surface area contributed by atoms with Gasteiger partial charge >= 0.3 is 5.97 Å². The first-order valence-corrected chi connectivity index (χ1v) is 9.23. The Labute approximate surface area is 154 Å². The monoisotopic (exact) mass is 354 g/mol. The number of benzene rings is 1. The minimum atomic E-state index is -1.30. The second-order valence-electron chi connectivity index (χ2n) is 8.00. The van der Waals surface area contributed by atoms with Crippen molar-refractivity contribution in [3.8, 4) is 6.07 Å². The smallest absolute Gasteiger partial charge is 0.307 e. The third kappa shape index (κ3) is 2.25. The Bertz CT molecular complexity index is 792. The Morgan fingerprint density at radius 3 is 2.38 bits per heavy atom. The van der Waals surface area contributed by atoms with E-state index in [1.54, 1.807) is 0 Å². The van der Waals surface area contributed by atoms with E-state index in [0.717, 1.165) is 16.7 Å². The predicted octanol–water partition coefficient (Wildman–Crippen LogP) is 2.63. The molecule has 0 heterocycles. The Kier molecular flexibility index (Phi) is 4.44. The number of hydrogen-bond donors (Lipinski definition) is 2. The van der Waals surface area contributed by atoms with Crippen LogP contribution in [0.3, 0.4) is 0 Å². The molecule has 0 aliphatic heterocycles. The van der Waals surface area contributed by atoms with Gasteiger partial charge in [-0.2, -0.15) is 5.26 Å². The van der Waals surface area contributed by atoms with Crippen LogP contribution in [0.4, 0.5) is 0 Å². The molecule has 5 nitrogen and oxygen atoms in total. The van der Waals surface area contributed by atoms with Gasteiger partial charge in [0.2, 0.25) is 0 Å². The second kappa shape index (κ2) is 6.21. The zero-order valence-corrected chi connectivity index (χ0v) is 15.6. The number of rotatable bonds is 6. The number of carboxylic acid groups (broad SMARTS) is 1. The summed E-state index contributed by atoms with van der Waals surface area (Å²) in [5.41, 5.74) is 6.99. The summed E-state index contributed by atoms with van der Waals surface area (Å²) in [5, 5.41) is 19.8. The number of carbonyl (C=O) groups excluding carboxylic acids is 1. The number of aryl methyl sites for hydroxylation is 2. The van der Waals surface area contributed by atoms with Gasteiger partial charge in [-0.3, -0.25) is 9.59 Å². The normalized spacial score (nSPS) is 34.8. The molecule has 2 fully saturated rings. The number of ketones is 1. The first kappa shape index (κ1) is 18.6. The van der Waals surface area contributed by atoms with Crippen LogP contribution >= 0.6 is 0 Å². The molecule has 0 saturated heterocycles. The Hall–Kier alpha value is -2.19. The molecule has 138 valence electrons. The van der Waals surface area contributed by atoms with E-state index < -0.39 is 22.7 Å². The third-order valence-corrected chi connectivity index (χ3v) is 6.81. The van der Waals surface area contributed by atoms with Crippen LogP contribution < -0.4 is 5.73 Å². The van der Waals surface area contributed by atoms with E-state index in [2.05, 4.69) is 24.3 Å². The van der Waals surface area contributed by atoms with Gasteiger partial charge < -0.3 is 10.8 Å². The minimum Gasteiger partial charge on any atom is -0.481 e. The molecule has 5 atom stereocenters. The summed E-state index contributed by atoms with van der Waals surface area (Å²) in [6, 6.07) is 8.56. The summed E-state index contributed by atoms with van der Waals surface area (Å²) < 4.78 is 0. The van der Waals surface area contributed by atoms with Gasteiger partial charge in [-0.1, -0.05) is 36.2 Å². The average Bonchev–Trinajstić information content (AvgIpc) is 3.15. The van der Waals surface area contributed by atoms with Crippen LogP contribution in [-0.4, -0.2) is 23.4 Å². The standard InChI is InChI=1S/C21H26N2O3/c1-4-20-16(18(20)19(25)26)9-15(21(20,11-23)17(24)10-22)8-14-6-12(2)5-13(3)7-14/h5-7,15-16,18H,4,8-10,22H2,1-3H3,(H,25,26). The summed E-state index contributed by atoms with van der Waals surface area (Å²) >= 11 is 0. The van der Waals surface area contributed by atoms with E-state index in [-0.39, 0.29) is 24.2 Å². The quantitative estimate of drug-likeness (QED) is 0.817. The Morgan fingerprint density at radius 1 is 1.31 bits per heavy atom. The van der Waals surface area contributed by atoms with Crippen molar-refractivity contribution in [1.82, 2.24) is 0 Å². The first-order valence-electron chi connectivity index (χ1n) is 9.23. The highest BCUT2D eigenvalue weighted by Crippen LogP contribution is 2.79. The average molecular weight is 354 g/mol. The highest BCUT2D eigenvalue weighted by Gasteiger charge is 2.83. The lowest BCUT2D eigenvalue weighted by Crippen LogP contribution is -2.48. The van der Waals surface area contributed by atoms with Crippen LogP contribution in [0.15, 0.2) is 18.2 Å². The van der Waals surface area contributed by atoms with Crippen LogP contribution in [0, 0.1) is 53.8 Å². The van der Waals surface area contributed by atoms with Crippen LogP contribution in [0.1, 0.15) is 36.5 Å². The van der Waals surface area contributed by atoms with Crippen molar-refractivity contribution in [2.24, 2.45) is 34.3 Å². The number of aliphatic carboxylic acids is 1. The van der Waals surface area contributed by atoms with Crippen LogP contribution in [-0.2, 0) is 16.0 Å². The van der Waals surface area contributed by atoms with E-state index in [9.17, 15) is 20.0 Å². The zero-order valence-electron chi connectivity index (χ0n) is 15.6. The topological polar surface area (TPSA) is 104 Å². The van der Waals surface area contributed by atoms with E-state index in [1.807, 2.05) is 20.8 Å². The van der Waals surface area contributed by atoms with Crippen molar-refractivity contribution >= 4 is 11.8 Å². The number of nitriles is 1. The lowest BCUT2D eigenvalue weighted by Gasteiger charge is -2.37. The second-order valence-corrected chi connectivity index (χ2v) is 8.00. The summed E-state index contributed by atoms with van der Waals surface area (Å²) in [6.45, 7) is 5.72. The fourth-order valence-corrected chi connectivity index (χ4v) is 6.03. The fourth-order valence-electron chi connectivity index (χ4n) is 6.03. The van der Waals surface area contributed by atoms with E-state index >= 15 is 0 Å². The van der Waals surface area contributed by atoms with E-state index in [1.165, 1.54) is 0 Å². The zero-order chi connectivity index (χ0) is 19.3. The number of nitrogens with two attached hydrogens (primary N) is 1. The summed E-state index contributed by atoms with van der Waals surface area (Å²) in [7, 11) is 0. The number of nitrogens with zero attached hydrogens (tertiary/aromatic N) is 1. The first-order chi connectivity index (χ1) is 12.3. The largest absolute Gasteiger partial charge is 0.481 e. The molecule has 0 aromatic heterocycles. The van der Waals surface area contributed by atoms with Crippen LogP contribution in [0.25, 0.3) is 0 Å². The van der Waals surface area contributed by atoms with Crippen molar-refractivity contribution in [1.29, 1.82) is 5.26 Å². The Morgan fingerprint density at radius 2 is 1.92 bits per heavy atom. The van der Waals surface area contributed by atoms with Gasteiger partial charge in [0.1, 0.15) is 5.41 Å². The molecule has 0 amide bonds. The van der Waals surface area contributed by atoms with Crippen LogP contribution in [0.5, 0.6) is 0 Å². The van der Waals surface area contributed by atoms with Gasteiger partial charge in [0.05, 0.1) is 18.5 Å². The lowest BCUT2D eigenvalue weighted by molar-refractivity contribution is -0.142. The number of hydrogen-bond acceptors (Lipinski definition) is 4. The molecule has 26 heavy (non-hydrogen) atoms. The molecule has 5 heteroatoms. The van der Waals surface area contributed by atoms with Crippen molar-refractivity contribution < 1.29 is 14.7 Å². The summed E-state index contributed by atoms with van der Waals surface area (Å²) in [5.74, 6) is -2.12. The summed E-state index contributed by atoms with van der Waals surface area (Å²) in [6.07, 6.45) is 1.71. The molecule has 5 unspecified atom stereocenters.